The number of carboxylic acids is 2. The molecule has 0 aromatic heterocycles. The van der Waals surface area contributed by atoms with Gasteiger partial charge in [-0.2, -0.15) is 0 Å². The topological polar surface area (TPSA) is 77.8 Å². The molecular formula is C23H39NO4. The molecule has 2 aliphatic rings. The first-order valence-electron chi connectivity index (χ1n) is 11.0. The van der Waals surface area contributed by atoms with Crippen LogP contribution in [0.25, 0.3) is 0 Å². The zero-order chi connectivity index (χ0) is 20.8. The summed E-state index contributed by atoms with van der Waals surface area (Å²) in [7, 11) is 0. The van der Waals surface area contributed by atoms with Crippen LogP contribution in [0, 0.1) is 5.41 Å². The van der Waals surface area contributed by atoms with Crippen molar-refractivity contribution < 1.29 is 19.8 Å². The highest BCUT2D eigenvalue weighted by atomic mass is 16.4. The van der Waals surface area contributed by atoms with Crippen molar-refractivity contribution >= 4 is 11.9 Å². The highest BCUT2D eigenvalue weighted by Gasteiger charge is 2.34. The molecule has 1 fully saturated rings. The normalized spacial score (nSPS) is 22.1. The third-order valence-electron chi connectivity index (χ3n) is 5.61. The van der Waals surface area contributed by atoms with E-state index in [0.29, 0.717) is 0 Å². The number of rotatable bonds is 10. The lowest BCUT2D eigenvalue weighted by Crippen LogP contribution is -2.30. The summed E-state index contributed by atoms with van der Waals surface area (Å²) in [5.41, 5.74) is -0.949. The van der Waals surface area contributed by atoms with Crippen LogP contribution in [-0.2, 0) is 9.59 Å². The number of aliphatic carboxylic acids is 2. The van der Waals surface area contributed by atoms with Crippen molar-refractivity contribution in [3.63, 3.8) is 0 Å². The van der Waals surface area contributed by atoms with Gasteiger partial charge in [-0.15, -0.1) is 0 Å². The highest BCUT2D eigenvalue weighted by molar-refractivity contribution is 5.90. The van der Waals surface area contributed by atoms with E-state index < -0.39 is 17.4 Å². The van der Waals surface area contributed by atoms with E-state index in [4.69, 9.17) is 10.2 Å². The fraction of sp³-hybridized carbons (Fsp3) is 0.739. The van der Waals surface area contributed by atoms with Gasteiger partial charge in [0.25, 0.3) is 0 Å². The van der Waals surface area contributed by atoms with E-state index in [2.05, 4.69) is 11.8 Å². The van der Waals surface area contributed by atoms with E-state index in [0.717, 1.165) is 0 Å². The highest BCUT2D eigenvalue weighted by Crippen LogP contribution is 2.31. The molecule has 2 rings (SSSR count). The molecular weight excluding hydrogens is 354 g/mol. The number of allylic oxidation sites excluding steroid dienone is 2. The summed E-state index contributed by atoms with van der Waals surface area (Å²) in [6.45, 7) is 7.90. The maximum absolute atomic E-state index is 10.8. The van der Waals surface area contributed by atoms with E-state index >= 15 is 0 Å². The number of nitrogens with zero attached hydrogens (tertiary/aromatic N) is 1. The first-order valence-corrected chi connectivity index (χ1v) is 11.0. The monoisotopic (exact) mass is 393 g/mol. The average molecular weight is 394 g/mol. The third-order valence-corrected chi connectivity index (χ3v) is 5.61. The minimum absolute atomic E-state index is 0.0359. The first-order chi connectivity index (χ1) is 13.4. The molecule has 0 spiro atoms. The van der Waals surface area contributed by atoms with Gasteiger partial charge in [0.2, 0.25) is 0 Å². The smallest absolute Gasteiger partial charge is 0.331 e. The number of carboxylic acid groups (broad SMARTS) is 2. The number of hydrogen-bond acceptors (Lipinski definition) is 3. The summed E-state index contributed by atoms with van der Waals surface area (Å²) < 4.78 is 0. The molecule has 0 aromatic carbocycles. The van der Waals surface area contributed by atoms with Crippen LogP contribution in [0.2, 0.25) is 0 Å². The van der Waals surface area contributed by atoms with Crippen LogP contribution in [0.4, 0.5) is 0 Å². The van der Waals surface area contributed by atoms with Crippen molar-refractivity contribution in [1.82, 2.24) is 4.90 Å². The molecule has 2 N–H and O–H groups in total. The number of unbranched alkanes of at least 4 members (excludes halogenated alkanes) is 6. The molecule has 160 valence electrons. The summed E-state index contributed by atoms with van der Waals surface area (Å²) in [5.74, 6) is -2.06. The standard InChI is InChI=1S/C14H29N.C9H10O4/c1-2-3-4-5-6-7-9-12-15-13-10-8-11-14-15;1-9(8(12)13)4-2-3-6(5-9)7(10)11/h2-14H2,1H3;2-4H,5H2,1H3,(H,10,11)(H,12,13). The summed E-state index contributed by atoms with van der Waals surface area (Å²) in [5, 5.41) is 17.5. The van der Waals surface area contributed by atoms with Crippen LogP contribution >= 0.6 is 0 Å². The number of hydrogen-bond donors (Lipinski definition) is 2. The predicted molar refractivity (Wildman–Crippen MR) is 114 cm³/mol. The molecule has 1 heterocycles. The van der Waals surface area contributed by atoms with E-state index in [1.807, 2.05) is 0 Å². The molecule has 5 heteroatoms. The van der Waals surface area contributed by atoms with Gasteiger partial charge in [-0.1, -0.05) is 70.1 Å². The Kier molecular flexibility index (Phi) is 11.8. The predicted octanol–water partition coefficient (Wildman–Crippen LogP) is 5.27. The number of piperidine rings is 1. The van der Waals surface area contributed by atoms with Gasteiger partial charge in [-0.3, -0.25) is 4.79 Å². The summed E-state index contributed by atoms with van der Waals surface area (Å²) in [4.78, 5) is 24.0. The van der Waals surface area contributed by atoms with Crippen molar-refractivity contribution in [3.8, 4) is 0 Å². The Morgan fingerprint density at radius 3 is 2.18 bits per heavy atom. The quantitative estimate of drug-likeness (QED) is 0.494. The molecule has 0 aromatic rings. The second-order valence-corrected chi connectivity index (χ2v) is 8.28. The molecule has 1 unspecified atom stereocenters. The van der Waals surface area contributed by atoms with Gasteiger partial charge >= 0.3 is 11.9 Å². The van der Waals surface area contributed by atoms with Crippen LogP contribution in [0.5, 0.6) is 0 Å². The Morgan fingerprint density at radius 2 is 1.61 bits per heavy atom. The molecule has 0 bridgehead atoms. The fourth-order valence-corrected chi connectivity index (χ4v) is 3.66. The van der Waals surface area contributed by atoms with E-state index in [1.165, 1.54) is 109 Å². The fourth-order valence-electron chi connectivity index (χ4n) is 3.66. The Labute approximate surface area is 170 Å². The lowest BCUT2D eigenvalue weighted by molar-refractivity contribution is -0.145. The van der Waals surface area contributed by atoms with Crippen molar-refractivity contribution in [2.45, 2.75) is 84.5 Å². The van der Waals surface area contributed by atoms with Crippen molar-refractivity contribution in [2.24, 2.45) is 5.41 Å². The molecule has 0 amide bonds. The SMILES string of the molecule is CC1(C(=O)O)C=CC=C(C(=O)O)C1.CCCCCCCCCN1CCCCC1. The summed E-state index contributed by atoms with van der Waals surface area (Å²) in [6, 6.07) is 0. The Morgan fingerprint density at radius 1 is 1.00 bits per heavy atom. The molecule has 1 atom stereocenters. The van der Waals surface area contributed by atoms with Crippen LogP contribution < -0.4 is 0 Å². The molecule has 0 radical (unpaired) electrons. The summed E-state index contributed by atoms with van der Waals surface area (Å²) in [6.07, 6.45) is 18.9. The number of likely N-dealkylation sites (tertiary alicyclic amines) is 1. The minimum atomic E-state index is -1.08. The molecule has 5 nitrogen and oxygen atoms in total. The van der Waals surface area contributed by atoms with Gasteiger partial charge in [0.05, 0.1) is 5.41 Å². The van der Waals surface area contributed by atoms with Gasteiger partial charge in [0.15, 0.2) is 0 Å². The van der Waals surface area contributed by atoms with Crippen molar-refractivity contribution in [1.29, 1.82) is 0 Å². The van der Waals surface area contributed by atoms with Crippen LogP contribution in [0.3, 0.4) is 0 Å². The first kappa shape index (κ1) is 24.4. The van der Waals surface area contributed by atoms with Crippen LogP contribution in [0.1, 0.15) is 84.5 Å². The maximum Gasteiger partial charge on any atom is 0.331 e. The molecule has 1 saturated heterocycles. The van der Waals surface area contributed by atoms with Crippen LogP contribution in [0.15, 0.2) is 23.8 Å². The van der Waals surface area contributed by atoms with E-state index in [9.17, 15) is 9.59 Å². The molecule has 0 saturated carbocycles. The largest absolute Gasteiger partial charge is 0.481 e. The van der Waals surface area contributed by atoms with Gasteiger partial charge in [0, 0.05) is 5.57 Å². The maximum atomic E-state index is 10.8. The lowest BCUT2D eigenvalue weighted by Gasteiger charge is -2.26. The van der Waals surface area contributed by atoms with Gasteiger partial charge < -0.3 is 15.1 Å². The molecule has 1 aliphatic carbocycles. The van der Waals surface area contributed by atoms with Gasteiger partial charge in [-0.25, -0.2) is 4.79 Å². The Hall–Kier alpha value is -1.62. The lowest BCUT2D eigenvalue weighted by atomic mass is 9.80. The number of carbonyl (C=O) groups is 2. The zero-order valence-corrected chi connectivity index (χ0v) is 17.8. The second kappa shape index (κ2) is 13.5. The van der Waals surface area contributed by atoms with E-state index in [1.54, 1.807) is 0 Å². The second-order valence-electron chi connectivity index (χ2n) is 8.28. The zero-order valence-electron chi connectivity index (χ0n) is 17.8. The van der Waals surface area contributed by atoms with Crippen molar-refractivity contribution in [3.05, 3.63) is 23.8 Å². The molecule has 1 aliphatic heterocycles. The Bertz CT molecular complexity index is 535. The van der Waals surface area contributed by atoms with Crippen molar-refractivity contribution in [2.75, 3.05) is 19.6 Å². The minimum Gasteiger partial charge on any atom is -0.481 e. The van der Waals surface area contributed by atoms with Gasteiger partial charge in [-0.05, 0) is 52.2 Å². The van der Waals surface area contributed by atoms with Gasteiger partial charge in [0.1, 0.15) is 0 Å². The Balaban J connectivity index is 0.000000283. The van der Waals surface area contributed by atoms with E-state index in [-0.39, 0.29) is 12.0 Å². The third kappa shape index (κ3) is 9.54. The summed E-state index contributed by atoms with van der Waals surface area (Å²) >= 11 is 0. The van der Waals surface area contributed by atoms with Crippen LogP contribution in [-0.4, -0.2) is 46.7 Å². The molecule has 28 heavy (non-hydrogen) atoms. The average Bonchev–Trinajstić information content (AvgIpc) is 2.68.